The van der Waals surface area contributed by atoms with Crippen molar-refractivity contribution in [2.45, 2.75) is 46.8 Å². The minimum atomic E-state index is -0.695. The van der Waals surface area contributed by atoms with Crippen LogP contribution in [0.25, 0.3) is 28.2 Å². The van der Waals surface area contributed by atoms with E-state index < -0.39 is 12.0 Å². The smallest absolute Gasteiger partial charge is 0.338 e. The van der Waals surface area contributed by atoms with Gasteiger partial charge in [-0.25, -0.2) is 9.79 Å². The second kappa shape index (κ2) is 11.5. The van der Waals surface area contributed by atoms with Crippen LogP contribution in [0.1, 0.15) is 50.4 Å². The number of hydrogen-bond donors (Lipinski definition) is 1. The van der Waals surface area contributed by atoms with Gasteiger partial charge in [0.05, 0.1) is 40.2 Å². The summed E-state index contributed by atoms with van der Waals surface area (Å²) in [4.78, 5) is 36.7. The van der Waals surface area contributed by atoms with Gasteiger partial charge in [0.2, 0.25) is 0 Å². The van der Waals surface area contributed by atoms with Crippen LogP contribution in [-0.4, -0.2) is 28.2 Å². The Kier molecular flexibility index (Phi) is 7.62. The molecular formula is C35H33N3O4S. The summed E-state index contributed by atoms with van der Waals surface area (Å²) >= 11 is 1.32. The minimum Gasteiger partial charge on any atom is -0.494 e. The van der Waals surface area contributed by atoms with Gasteiger partial charge in [-0.2, -0.15) is 0 Å². The van der Waals surface area contributed by atoms with Crippen molar-refractivity contribution in [2.75, 3.05) is 6.61 Å². The number of hydrogen-bond acceptors (Lipinski definition) is 6. The van der Waals surface area contributed by atoms with E-state index in [0.717, 1.165) is 38.9 Å². The van der Waals surface area contributed by atoms with Crippen molar-refractivity contribution in [1.82, 2.24) is 9.55 Å². The third-order valence-electron chi connectivity index (χ3n) is 7.51. The molecule has 6 rings (SSSR count). The van der Waals surface area contributed by atoms with Gasteiger partial charge in [0.1, 0.15) is 5.75 Å². The largest absolute Gasteiger partial charge is 0.494 e. The monoisotopic (exact) mass is 591 g/mol. The van der Waals surface area contributed by atoms with E-state index in [1.807, 2.05) is 75.4 Å². The van der Waals surface area contributed by atoms with E-state index in [4.69, 9.17) is 14.5 Å². The van der Waals surface area contributed by atoms with Crippen molar-refractivity contribution in [1.29, 1.82) is 0 Å². The molecule has 8 heteroatoms. The maximum Gasteiger partial charge on any atom is 0.338 e. The number of aromatic amines is 1. The number of allylic oxidation sites excluding steroid dienone is 1. The number of nitrogens with one attached hydrogen (secondary N) is 1. The Morgan fingerprint density at radius 3 is 2.49 bits per heavy atom. The van der Waals surface area contributed by atoms with Crippen LogP contribution in [-0.2, 0) is 9.53 Å². The number of rotatable bonds is 7. The summed E-state index contributed by atoms with van der Waals surface area (Å²) in [6.07, 6.45) is 1.63. The average Bonchev–Trinajstić information content (AvgIpc) is 3.51. The quantitative estimate of drug-likeness (QED) is 0.234. The molecule has 1 aliphatic heterocycles. The van der Waals surface area contributed by atoms with Crippen molar-refractivity contribution in [3.05, 3.63) is 120 Å². The fraction of sp³-hybridized carbons (Fsp3) is 0.229. The Labute approximate surface area is 253 Å². The van der Waals surface area contributed by atoms with Crippen LogP contribution < -0.4 is 19.6 Å². The summed E-state index contributed by atoms with van der Waals surface area (Å²) in [7, 11) is 0. The standard InChI is InChI=1S/C35H33N3O4S/c1-6-41-25-17-15-24(16-18-25)32-29(34(40)42-20(2)3)22(5)36-35-38(32)33(39)28(43-35)19-27-26-14-10-11-21(4)30(26)37-31(27)23-12-8-7-9-13-23/h7-20,32,37H,6H2,1-5H3/b28-19+/t32-/m1/s1. The first-order valence-corrected chi connectivity index (χ1v) is 15.2. The number of esters is 1. The SMILES string of the molecule is CCOc1ccc([C@@H]2C(C(=O)OC(C)C)=C(C)N=c3s/c(=C/c4c(-c5ccccc5)[nH]c5c(C)cccc45)c(=O)n32)cc1. The zero-order chi connectivity index (χ0) is 30.2. The highest BCUT2D eigenvalue weighted by atomic mass is 32.1. The Morgan fingerprint density at radius 2 is 1.79 bits per heavy atom. The van der Waals surface area contributed by atoms with Gasteiger partial charge in [-0.05, 0) is 69.5 Å². The van der Waals surface area contributed by atoms with Gasteiger partial charge in [0, 0.05) is 16.5 Å². The topological polar surface area (TPSA) is 85.7 Å². The minimum absolute atomic E-state index is 0.217. The molecule has 1 atom stereocenters. The zero-order valence-corrected chi connectivity index (χ0v) is 25.6. The molecule has 0 radical (unpaired) electrons. The lowest BCUT2D eigenvalue weighted by Crippen LogP contribution is -2.40. The van der Waals surface area contributed by atoms with Crippen LogP contribution in [0.5, 0.6) is 5.75 Å². The fourth-order valence-corrected chi connectivity index (χ4v) is 6.62. The molecule has 43 heavy (non-hydrogen) atoms. The van der Waals surface area contributed by atoms with Gasteiger partial charge < -0.3 is 14.5 Å². The number of H-pyrrole nitrogens is 1. The molecule has 1 aliphatic rings. The highest BCUT2D eigenvalue weighted by molar-refractivity contribution is 7.07. The summed E-state index contributed by atoms with van der Waals surface area (Å²) < 4.78 is 13.4. The normalized spacial score (nSPS) is 15.1. The summed E-state index contributed by atoms with van der Waals surface area (Å²) in [5.41, 5.74) is 6.49. The van der Waals surface area contributed by atoms with E-state index in [1.165, 1.54) is 11.3 Å². The molecule has 0 saturated carbocycles. The summed E-state index contributed by atoms with van der Waals surface area (Å²) in [6.45, 7) is 9.95. The molecule has 0 aliphatic carbocycles. The molecule has 3 aromatic carbocycles. The third kappa shape index (κ3) is 5.23. The Morgan fingerprint density at radius 1 is 1.05 bits per heavy atom. The summed E-state index contributed by atoms with van der Waals surface area (Å²) in [5.74, 6) is 0.233. The van der Waals surface area contributed by atoms with Crippen LogP contribution in [0, 0.1) is 6.92 Å². The van der Waals surface area contributed by atoms with Gasteiger partial charge in [-0.1, -0.05) is 72.0 Å². The molecule has 2 aromatic heterocycles. The number of nitrogens with zero attached hydrogens (tertiary/aromatic N) is 2. The molecule has 0 bridgehead atoms. The number of carbonyl (C=O) groups is 1. The number of carbonyl (C=O) groups excluding carboxylic acids is 1. The molecule has 0 amide bonds. The Hall–Kier alpha value is -4.69. The number of benzene rings is 3. The summed E-state index contributed by atoms with van der Waals surface area (Å²) in [6, 6.07) is 23.1. The molecule has 0 spiro atoms. The van der Waals surface area contributed by atoms with E-state index in [2.05, 4.69) is 36.2 Å². The Bertz CT molecular complexity index is 2050. The van der Waals surface area contributed by atoms with E-state index >= 15 is 0 Å². The van der Waals surface area contributed by atoms with Gasteiger partial charge in [0.25, 0.3) is 5.56 Å². The van der Waals surface area contributed by atoms with E-state index in [0.29, 0.717) is 33.0 Å². The molecule has 0 saturated heterocycles. The number of fused-ring (bicyclic) bond motifs is 2. The second-order valence-electron chi connectivity index (χ2n) is 10.8. The Balaban J connectivity index is 1.58. The summed E-state index contributed by atoms with van der Waals surface area (Å²) in [5, 5.41) is 1.03. The maximum absolute atomic E-state index is 14.3. The number of para-hydroxylation sites is 1. The second-order valence-corrected chi connectivity index (χ2v) is 11.8. The molecular weight excluding hydrogens is 558 g/mol. The first-order valence-electron chi connectivity index (χ1n) is 14.4. The van der Waals surface area contributed by atoms with E-state index in [-0.39, 0.29) is 11.7 Å². The fourth-order valence-electron chi connectivity index (χ4n) is 5.59. The highest BCUT2D eigenvalue weighted by Crippen LogP contribution is 2.34. The molecule has 0 fully saturated rings. The lowest BCUT2D eigenvalue weighted by molar-refractivity contribution is -0.143. The molecule has 218 valence electrons. The lowest BCUT2D eigenvalue weighted by atomic mass is 9.96. The average molecular weight is 592 g/mol. The third-order valence-corrected chi connectivity index (χ3v) is 8.49. The van der Waals surface area contributed by atoms with Gasteiger partial charge in [-0.15, -0.1) is 0 Å². The number of thiazole rings is 1. The predicted molar refractivity (Wildman–Crippen MR) is 171 cm³/mol. The highest BCUT2D eigenvalue weighted by Gasteiger charge is 2.34. The van der Waals surface area contributed by atoms with Crippen molar-refractivity contribution in [2.24, 2.45) is 4.99 Å². The van der Waals surface area contributed by atoms with Crippen LogP contribution >= 0.6 is 11.3 Å². The molecule has 5 aromatic rings. The molecule has 1 N–H and O–H groups in total. The molecule has 3 heterocycles. The number of aryl methyl sites for hydroxylation is 1. The van der Waals surface area contributed by atoms with Gasteiger partial charge in [-0.3, -0.25) is 9.36 Å². The van der Waals surface area contributed by atoms with Gasteiger partial charge in [0.15, 0.2) is 4.80 Å². The zero-order valence-electron chi connectivity index (χ0n) is 24.8. The number of aromatic nitrogens is 2. The van der Waals surface area contributed by atoms with E-state index in [1.54, 1.807) is 11.5 Å². The molecule has 0 unspecified atom stereocenters. The molecule has 7 nitrogen and oxygen atoms in total. The van der Waals surface area contributed by atoms with Crippen molar-refractivity contribution >= 4 is 34.3 Å². The maximum atomic E-state index is 14.3. The van der Waals surface area contributed by atoms with Crippen molar-refractivity contribution in [3.8, 4) is 17.0 Å². The van der Waals surface area contributed by atoms with Crippen LogP contribution in [0.4, 0.5) is 0 Å². The van der Waals surface area contributed by atoms with Crippen LogP contribution in [0.15, 0.2) is 93.9 Å². The van der Waals surface area contributed by atoms with Crippen LogP contribution in [0.2, 0.25) is 0 Å². The number of ether oxygens (including phenoxy) is 2. The van der Waals surface area contributed by atoms with E-state index in [9.17, 15) is 9.59 Å². The lowest BCUT2D eigenvalue weighted by Gasteiger charge is -2.25. The van der Waals surface area contributed by atoms with Crippen LogP contribution in [0.3, 0.4) is 0 Å². The van der Waals surface area contributed by atoms with Gasteiger partial charge >= 0.3 is 5.97 Å². The first kappa shape index (κ1) is 28.4. The predicted octanol–water partition coefficient (Wildman–Crippen LogP) is 6.04. The van der Waals surface area contributed by atoms with Crippen molar-refractivity contribution < 1.29 is 14.3 Å². The van der Waals surface area contributed by atoms with Crippen molar-refractivity contribution in [3.63, 3.8) is 0 Å². The first-order chi connectivity index (χ1) is 20.8.